The van der Waals surface area contributed by atoms with Crippen molar-refractivity contribution < 1.29 is 9.21 Å². The maximum atomic E-state index is 12.3. The zero-order chi connectivity index (χ0) is 12.7. The van der Waals surface area contributed by atoms with E-state index >= 15 is 0 Å². The highest BCUT2D eigenvalue weighted by Gasteiger charge is 2.27. The molecule has 2 aromatic rings. The third kappa shape index (κ3) is 1.57. The minimum Gasteiger partial charge on any atom is -0.459 e. The molecule has 18 heavy (non-hydrogen) atoms. The fraction of sp³-hybridized carbons (Fsp3) is 0.214. The molecule has 0 unspecified atom stereocenters. The number of aryl methyl sites for hydroxylation is 1. The summed E-state index contributed by atoms with van der Waals surface area (Å²) in [5.41, 5.74) is 9.76. The van der Waals surface area contributed by atoms with Gasteiger partial charge in [0.25, 0.3) is 5.91 Å². The summed E-state index contributed by atoms with van der Waals surface area (Å²) < 4.78 is 5.15. The number of benzene rings is 1. The van der Waals surface area contributed by atoms with Crippen LogP contribution >= 0.6 is 0 Å². The monoisotopic (exact) mass is 242 g/mol. The molecule has 4 nitrogen and oxygen atoms in total. The van der Waals surface area contributed by atoms with Gasteiger partial charge in [-0.05, 0) is 42.7 Å². The number of hydrogen-bond donors (Lipinski definition) is 1. The molecule has 0 spiro atoms. The Morgan fingerprint density at radius 1 is 1.44 bits per heavy atom. The predicted molar refractivity (Wildman–Crippen MR) is 69.7 cm³/mol. The van der Waals surface area contributed by atoms with Crippen LogP contribution in [0.1, 0.15) is 21.7 Å². The molecular formula is C14H14N2O2. The molecule has 0 saturated carbocycles. The maximum Gasteiger partial charge on any atom is 0.293 e. The number of nitrogens with two attached hydrogens (primary N) is 1. The van der Waals surface area contributed by atoms with Crippen molar-refractivity contribution in [3.05, 3.63) is 47.4 Å². The summed E-state index contributed by atoms with van der Waals surface area (Å²) in [4.78, 5) is 14.0. The topological polar surface area (TPSA) is 59.5 Å². The molecule has 0 saturated heterocycles. The van der Waals surface area contributed by atoms with Crippen molar-refractivity contribution in [3.8, 4) is 0 Å². The number of nitrogens with zero attached hydrogens (tertiary/aromatic N) is 1. The Labute approximate surface area is 105 Å². The first-order valence-corrected chi connectivity index (χ1v) is 5.91. The van der Waals surface area contributed by atoms with Gasteiger partial charge in [-0.15, -0.1) is 0 Å². The number of carbonyl (C=O) groups is 1. The van der Waals surface area contributed by atoms with E-state index in [4.69, 9.17) is 10.2 Å². The highest BCUT2D eigenvalue weighted by atomic mass is 16.3. The van der Waals surface area contributed by atoms with Crippen LogP contribution in [0.2, 0.25) is 0 Å². The molecule has 0 atom stereocenters. The van der Waals surface area contributed by atoms with Crippen molar-refractivity contribution in [3.63, 3.8) is 0 Å². The molecule has 0 bridgehead atoms. The van der Waals surface area contributed by atoms with Gasteiger partial charge in [0.2, 0.25) is 0 Å². The largest absolute Gasteiger partial charge is 0.459 e. The normalized spacial score (nSPS) is 13.7. The molecule has 1 aromatic heterocycles. The SMILES string of the molecule is Cc1cc2c(cc1N)N(C(=O)c1ccco1)CC2. The average molecular weight is 242 g/mol. The highest BCUT2D eigenvalue weighted by Crippen LogP contribution is 2.33. The van der Waals surface area contributed by atoms with E-state index in [0.29, 0.717) is 18.0 Å². The summed E-state index contributed by atoms with van der Waals surface area (Å²) in [5.74, 6) is 0.254. The van der Waals surface area contributed by atoms with E-state index in [1.54, 1.807) is 17.0 Å². The Kier molecular flexibility index (Phi) is 2.37. The lowest BCUT2D eigenvalue weighted by molar-refractivity contribution is 0.0963. The molecule has 1 aliphatic heterocycles. The van der Waals surface area contributed by atoms with Crippen LogP contribution in [0.5, 0.6) is 0 Å². The van der Waals surface area contributed by atoms with Gasteiger partial charge >= 0.3 is 0 Å². The zero-order valence-electron chi connectivity index (χ0n) is 10.1. The van der Waals surface area contributed by atoms with Gasteiger partial charge in [-0.3, -0.25) is 4.79 Å². The van der Waals surface area contributed by atoms with Crippen molar-refractivity contribution in [1.82, 2.24) is 0 Å². The minimum absolute atomic E-state index is 0.109. The van der Waals surface area contributed by atoms with E-state index in [-0.39, 0.29) is 5.91 Å². The first kappa shape index (κ1) is 10.9. The van der Waals surface area contributed by atoms with Crippen LogP contribution in [0, 0.1) is 6.92 Å². The summed E-state index contributed by atoms with van der Waals surface area (Å²) in [7, 11) is 0. The Hall–Kier alpha value is -2.23. The maximum absolute atomic E-state index is 12.3. The van der Waals surface area contributed by atoms with Crippen molar-refractivity contribution in [2.45, 2.75) is 13.3 Å². The highest BCUT2D eigenvalue weighted by molar-refractivity contribution is 6.05. The van der Waals surface area contributed by atoms with Crippen LogP contribution in [-0.2, 0) is 6.42 Å². The molecule has 1 aliphatic rings. The first-order chi connectivity index (χ1) is 8.66. The second-order valence-electron chi connectivity index (χ2n) is 4.52. The van der Waals surface area contributed by atoms with E-state index in [1.807, 2.05) is 13.0 Å². The molecule has 1 amide bonds. The molecule has 0 radical (unpaired) electrons. The number of carbonyl (C=O) groups excluding carboxylic acids is 1. The van der Waals surface area contributed by atoms with Crippen LogP contribution < -0.4 is 10.6 Å². The van der Waals surface area contributed by atoms with E-state index < -0.39 is 0 Å². The van der Waals surface area contributed by atoms with Crippen molar-refractivity contribution in [1.29, 1.82) is 0 Å². The van der Waals surface area contributed by atoms with Gasteiger partial charge in [0.05, 0.1) is 6.26 Å². The quantitative estimate of drug-likeness (QED) is 0.781. The number of anilines is 2. The second kappa shape index (κ2) is 3.91. The van der Waals surface area contributed by atoms with Crippen molar-refractivity contribution in [2.24, 2.45) is 0 Å². The van der Waals surface area contributed by atoms with Gasteiger partial charge in [0, 0.05) is 17.9 Å². The average Bonchev–Trinajstić information content (AvgIpc) is 2.98. The van der Waals surface area contributed by atoms with Gasteiger partial charge in [0.1, 0.15) is 0 Å². The molecule has 1 aromatic carbocycles. The van der Waals surface area contributed by atoms with E-state index in [2.05, 4.69) is 6.07 Å². The Balaban J connectivity index is 2.00. The molecule has 2 N–H and O–H groups in total. The summed E-state index contributed by atoms with van der Waals surface area (Å²) in [6.07, 6.45) is 2.37. The van der Waals surface area contributed by atoms with Crippen LogP contribution in [0.3, 0.4) is 0 Å². The van der Waals surface area contributed by atoms with E-state index in [9.17, 15) is 4.79 Å². The Morgan fingerprint density at radius 2 is 2.28 bits per heavy atom. The Morgan fingerprint density at radius 3 is 3.00 bits per heavy atom. The second-order valence-corrected chi connectivity index (χ2v) is 4.52. The Bertz CT molecular complexity index is 603. The summed E-state index contributed by atoms with van der Waals surface area (Å²) in [6, 6.07) is 7.32. The summed E-state index contributed by atoms with van der Waals surface area (Å²) in [6.45, 7) is 2.66. The standard InChI is InChI=1S/C14H14N2O2/c1-9-7-10-4-5-16(12(10)8-11(9)15)14(17)13-3-2-6-18-13/h2-3,6-8H,4-5,15H2,1H3. The van der Waals surface area contributed by atoms with Gasteiger partial charge in [-0.1, -0.05) is 6.07 Å². The van der Waals surface area contributed by atoms with E-state index in [0.717, 1.165) is 17.7 Å². The summed E-state index contributed by atoms with van der Waals surface area (Å²) >= 11 is 0. The van der Waals surface area contributed by atoms with Crippen molar-refractivity contribution in [2.75, 3.05) is 17.2 Å². The third-order valence-corrected chi connectivity index (χ3v) is 3.34. The van der Waals surface area contributed by atoms with Crippen LogP contribution in [0.15, 0.2) is 34.9 Å². The fourth-order valence-corrected chi connectivity index (χ4v) is 2.32. The van der Waals surface area contributed by atoms with Gasteiger partial charge in [-0.25, -0.2) is 0 Å². The molecule has 0 fully saturated rings. The van der Waals surface area contributed by atoms with Gasteiger partial charge in [0.15, 0.2) is 5.76 Å². The predicted octanol–water partition coefficient (Wildman–Crippen LogP) is 2.37. The molecule has 3 rings (SSSR count). The number of rotatable bonds is 1. The van der Waals surface area contributed by atoms with Crippen molar-refractivity contribution >= 4 is 17.3 Å². The lowest BCUT2D eigenvalue weighted by Gasteiger charge is -2.16. The third-order valence-electron chi connectivity index (χ3n) is 3.34. The smallest absolute Gasteiger partial charge is 0.293 e. The molecule has 92 valence electrons. The lowest BCUT2D eigenvalue weighted by atomic mass is 10.1. The van der Waals surface area contributed by atoms with E-state index in [1.165, 1.54) is 11.8 Å². The van der Waals surface area contributed by atoms with Crippen LogP contribution in [0.25, 0.3) is 0 Å². The van der Waals surface area contributed by atoms with Crippen LogP contribution in [0.4, 0.5) is 11.4 Å². The first-order valence-electron chi connectivity index (χ1n) is 5.91. The van der Waals surface area contributed by atoms with Gasteiger partial charge < -0.3 is 15.1 Å². The number of furan rings is 1. The molecule has 2 heterocycles. The molecular weight excluding hydrogens is 228 g/mol. The number of hydrogen-bond acceptors (Lipinski definition) is 3. The number of nitrogen functional groups attached to an aromatic ring is 1. The molecule has 0 aliphatic carbocycles. The van der Waals surface area contributed by atoms with Crippen LogP contribution in [-0.4, -0.2) is 12.5 Å². The fourth-order valence-electron chi connectivity index (χ4n) is 2.32. The minimum atomic E-state index is -0.109. The molecule has 4 heteroatoms. The lowest BCUT2D eigenvalue weighted by Crippen LogP contribution is -2.28. The van der Waals surface area contributed by atoms with Gasteiger partial charge in [-0.2, -0.15) is 0 Å². The number of amides is 1. The summed E-state index contributed by atoms with van der Waals surface area (Å²) in [5, 5.41) is 0. The number of fused-ring (bicyclic) bond motifs is 1. The zero-order valence-corrected chi connectivity index (χ0v) is 10.1.